The van der Waals surface area contributed by atoms with Gasteiger partial charge in [0.15, 0.2) is 5.76 Å². The molecule has 0 fully saturated rings. The largest absolute Gasteiger partial charge is 0.425 e. The molecule has 0 saturated heterocycles. The molecule has 0 saturated carbocycles. The Balaban J connectivity index is 2.46. The zero-order valence-corrected chi connectivity index (χ0v) is 9.25. The Morgan fingerprint density at radius 1 is 1.47 bits per heavy atom. The molecule has 5 heteroatoms. The molecular formula is C12H12N2O3. The van der Waals surface area contributed by atoms with Crippen LogP contribution in [-0.4, -0.2) is 16.4 Å². The summed E-state index contributed by atoms with van der Waals surface area (Å²) in [6.07, 6.45) is -0.352. The fourth-order valence-corrected chi connectivity index (χ4v) is 1.69. The standard InChI is InChI=1S/C12H12N2O3/c1-7-11(17-12(13)14-7)10(16)9-5-3-2-4-8(9)6-15/h2-6,10,16H,1H3,(H2,13,14). The first kappa shape index (κ1) is 11.3. The summed E-state index contributed by atoms with van der Waals surface area (Å²) in [5.41, 5.74) is 6.80. The highest BCUT2D eigenvalue weighted by molar-refractivity contribution is 5.77. The number of aliphatic hydroxyl groups is 1. The number of rotatable bonds is 3. The van der Waals surface area contributed by atoms with Crippen molar-refractivity contribution < 1.29 is 14.3 Å². The summed E-state index contributed by atoms with van der Waals surface area (Å²) in [4.78, 5) is 14.7. The Morgan fingerprint density at radius 3 is 2.76 bits per heavy atom. The summed E-state index contributed by atoms with van der Waals surface area (Å²) < 4.78 is 5.13. The molecule has 5 nitrogen and oxygen atoms in total. The van der Waals surface area contributed by atoms with Gasteiger partial charge in [-0.25, -0.2) is 0 Å². The van der Waals surface area contributed by atoms with E-state index in [0.29, 0.717) is 23.1 Å². The molecule has 2 aromatic rings. The minimum absolute atomic E-state index is 0.000124. The van der Waals surface area contributed by atoms with E-state index in [1.807, 2.05) is 0 Å². The maximum atomic E-state index is 10.9. The van der Waals surface area contributed by atoms with Crippen molar-refractivity contribution in [3.05, 3.63) is 46.8 Å². The molecular weight excluding hydrogens is 220 g/mol. The summed E-state index contributed by atoms with van der Waals surface area (Å²) in [7, 11) is 0. The van der Waals surface area contributed by atoms with Crippen LogP contribution in [0.3, 0.4) is 0 Å². The number of oxazole rings is 1. The van der Waals surface area contributed by atoms with E-state index in [2.05, 4.69) is 4.98 Å². The van der Waals surface area contributed by atoms with Gasteiger partial charge in [-0.2, -0.15) is 4.98 Å². The number of nitrogen functional groups attached to an aromatic ring is 1. The molecule has 0 aliphatic heterocycles. The van der Waals surface area contributed by atoms with Crippen molar-refractivity contribution in [2.75, 3.05) is 5.73 Å². The SMILES string of the molecule is Cc1nc(N)oc1C(O)c1ccccc1C=O. The predicted octanol–water partition coefficient (Wildman–Crippen LogP) is 1.46. The lowest BCUT2D eigenvalue weighted by molar-refractivity contribution is 0.111. The predicted molar refractivity (Wildman–Crippen MR) is 61.5 cm³/mol. The zero-order valence-electron chi connectivity index (χ0n) is 9.25. The molecule has 1 unspecified atom stereocenters. The number of nitrogens with two attached hydrogens (primary N) is 1. The Labute approximate surface area is 97.9 Å². The van der Waals surface area contributed by atoms with Crippen molar-refractivity contribution in [1.82, 2.24) is 4.98 Å². The number of carbonyl (C=O) groups excluding carboxylic acids is 1. The summed E-state index contributed by atoms with van der Waals surface area (Å²) in [5, 5.41) is 10.1. The molecule has 0 spiro atoms. The molecule has 1 aromatic carbocycles. The lowest BCUT2D eigenvalue weighted by atomic mass is 10.0. The van der Waals surface area contributed by atoms with Crippen LogP contribution in [0, 0.1) is 6.92 Å². The Bertz CT molecular complexity index is 548. The Hall–Kier alpha value is -2.14. The number of carbonyl (C=O) groups is 1. The third kappa shape index (κ3) is 2.05. The lowest BCUT2D eigenvalue weighted by Gasteiger charge is -2.10. The smallest absolute Gasteiger partial charge is 0.292 e. The zero-order chi connectivity index (χ0) is 12.4. The lowest BCUT2D eigenvalue weighted by Crippen LogP contribution is -2.03. The highest BCUT2D eigenvalue weighted by Gasteiger charge is 2.21. The number of aldehydes is 1. The number of aryl methyl sites for hydroxylation is 1. The van der Waals surface area contributed by atoms with Crippen LogP contribution in [0.1, 0.15) is 33.5 Å². The van der Waals surface area contributed by atoms with Gasteiger partial charge >= 0.3 is 0 Å². The molecule has 0 radical (unpaired) electrons. The second kappa shape index (κ2) is 4.39. The van der Waals surface area contributed by atoms with Crippen molar-refractivity contribution in [2.45, 2.75) is 13.0 Å². The van der Waals surface area contributed by atoms with Gasteiger partial charge in [0.2, 0.25) is 0 Å². The maximum Gasteiger partial charge on any atom is 0.292 e. The van der Waals surface area contributed by atoms with Crippen molar-refractivity contribution >= 4 is 12.3 Å². The molecule has 3 N–H and O–H groups in total. The van der Waals surface area contributed by atoms with Crippen LogP contribution in [0.25, 0.3) is 0 Å². The number of hydrogen-bond acceptors (Lipinski definition) is 5. The molecule has 1 atom stereocenters. The highest BCUT2D eigenvalue weighted by Crippen LogP contribution is 2.27. The average molecular weight is 232 g/mol. The summed E-state index contributed by atoms with van der Waals surface area (Å²) in [6, 6.07) is 6.75. The van der Waals surface area contributed by atoms with Gasteiger partial charge in [-0.3, -0.25) is 4.79 Å². The molecule has 0 aliphatic carbocycles. The minimum Gasteiger partial charge on any atom is -0.425 e. The van der Waals surface area contributed by atoms with Gasteiger partial charge in [0, 0.05) is 5.56 Å². The van der Waals surface area contributed by atoms with E-state index in [-0.39, 0.29) is 11.8 Å². The number of nitrogens with zero attached hydrogens (tertiary/aromatic N) is 1. The normalized spacial score (nSPS) is 12.4. The molecule has 1 heterocycles. The van der Waals surface area contributed by atoms with Crippen molar-refractivity contribution in [3.8, 4) is 0 Å². The van der Waals surface area contributed by atoms with Gasteiger partial charge in [-0.1, -0.05) is 24.3 Å². The maximum absolute atomic E-state index is 10.9. The molecule has 0 aliphatic rings. The number of aliphatic hydroxyl groups excluding tert-OH is 1. The topological polar surface area (TPSA) is 89.3 Å². The van der Waals surface area contributed by atoms with Crippen LogP contribution in [0.15, 0.2) is 28.7 Å². The fraction of sp³-hybridized carbons (Fsp3) is 0.167. The van der Waals surface area contributed by atoms with Crippen LogP contribution in [0.2, 0.25) is 0 Å². The molecule has 0 amide bonds. The van der Waals surface area contributed by atoms with Crippen LogP contribution in [-0.2, 0) is 0 Å². The molecule has 17 heavy (non-hydrogen) atoms. The third-order valence-electron chi connectivity index (χ3n) is 2.51. The van der Waals surface area contributed by atoms with Crippen LogP contribution >= 0.6 is 0 Å². The van der Waals surface area contributed by atoms with Crippen molar-refractivity contribution in [2.24, 2.45) is 0 Å². The van der Waals surface area contributed by atoms with Gasteiger partial charge in [0.05, 0.1) is 5.69 Å². The van der Waals surface area contributed by atoms with Crippen LogP contribution in [0.5, 0.6) is 0 Å². The molecule has 1 aromatic heterocycles. The van der Waals surface area contributed by atoms with E-state index in [4.69, 9.17) is 10.2 Å². The van der Waals surface area contributed by atoms with Gasteiger partial charge < -0.3 is 15.3 Å². The molecule has 2 rings (SSSR count). The number of aromatic nitrogens is 1. The van der Waals surface area contributed by atoms with E-state index in [9.17, 15) is 9.90 Å². The summed E-state index contributed by atoms with van der Waals surface area (Å²) in [5.74, 6) is 0.261. The van der Waals surface area contributed by atoms with Crippen molar-refractivity contribution in [1.29, 1.82) is 0 Å². The van der Waals surface area contributed by atoms with E-state index in [1.54, 1.807) is 31.2 Å². The first-order valence-corrected chi connectivity index (χ1v) is 5.08. The number of hydrogen-bond donors (Lipinski definition) is 2. The van der Waals surface area contributed by atoms with Crippen molar-refractivity contribution in [3.63, 3.8) is 0 Å². The summed E-state index contributed by atoms with van der Waals surface area (Å²) in [6.45, 7) is 1.68. The van der Waals surface area contributed by atoms with E-state index >= 15 is 0 Å². The van der Waals surface area contributed by atoms with Gasteiger partial charge in [-0.05, 0) is 12.5 Å². The Morgan fingerprint density at radius 2 is 2.18 bits per heavy atom. The first-order chi connectivity index (χ1) is 8.13. The van der Waals surface area contributed by atoms with E-state index < -0.39 is 6.10 Å². The third-order valence-corrected chi connectivity index (χ3v) is 2.51. The quantitative estimate of drug-likeness (QED) is 0.782. The fourth-order valence-electron chi connectivity index (χ4n) is 1.69. The van der Waals surface area contributed by atoms with E-state index in [0.717, 1.165) is 0 Å². The Kier molecular flexibility index (Phi) is 2.93. The van der Waals surface area contributed by atoms with E-state index in [1.165, 1.54) is 0 Å². The monoisotopic (exact) mass is 232 g/mol. The summed E-state index contributed by atoms with van der Waals surface area (Å²) >= 11 is 0. The van der Waals surface area contributed by atoms with Gasteiger partial charge in [-0.15, -0.1) is 0 Å². The van der Waals surface area contributed by atoms with Gasteiger partial charge in [0.1, 0.15) is 12.4 Å². The van der Waals surface area contributed by atoms with Crippen LogP contribution < -0.4 is 5.73 Å². The molecule has 88 valence electrons. The first-order valence-electron chi connectivity index (χ1n) is 5.08. The number of benzene rings is 1. The molecule has 0 bridgehead atoms. The second-order valence-corrected chi connectivity index (χ2v) is 3.65. The van der Waals surface area contributed by atoms with Gasteiger partial charge in [0.25, 0.3) is 6.01 Å². The average Bonchev–Trinajstić information content (AvgIpc) is 2.67. The number of anilines is 1. The highest BCUT2D eigenvalue weighted by atomic mass is 16.4. The second-order valence-electron chi connectivity index (χ2n) is 3.65. The minimum atomic E-state index is -1.04. The van der Waals surface area contributed by atoms with Crippen LogP contribution in [0.4, 0.5) is 6.01 Å².